The Morgan fingerprint density at radius 3 is 2.78 bits per heavy atom. The molecule has 2 heterocycles. The van der Waals surface area contributed by atoms with Crippen LogP contribution in [0.1, 0.15) is 4.88 Å². The first-order valence-corrected chi connectivity index (χ1v) is 6.83. The average Bonchev–Trinajstić information content (AvgIpc) is 2.78. The van der Waals surface area contributed by atoms with Gasteiger partial charge in [0.1, 0.15) is 11.5 Å². The minimum absolute atomic E-state index is 0.552. The molecule has 0 saturated heterocycles. The fourth-order valence-corrected chi connectivity index (χ4v) is 3.18. The van der Waals surface area contributed by atoms with Crippen molar-refractivity contribution in [3.05, 3.63) is 39.3 Å². The van der Waals surface area contributed by atoms with Gasteiger partial charge < -0.3 is 5.73 Å². The molecule has 3 nitrogen and oxygen atoms in total. The molecule has 0 bridgehead atoms. The first kappa shape index (κ1) is 11.8. The van der Waals surface area contributed by atoms with E-state index in [4.69, 9.17) is 28.9 Å². The molecule has 0 unspecified atom stereocenters. The Bertz CT molecular complexity index is 745. The Morgan fingerprint density at radius 2 is 2.11 bits per heavy atom. The summed E-state index contributed by atoms with van der Waals surface area (Å²) in [4.78, 5) is 6.55. The summed E-state index contributed by atoms with van der Waals surface area (Å²) >= 11 is 13.7. The van der Waals surface area contributed by atoms with Gasteiger partial charge in [0, 0.05) is 21.7 Å². The van der Waals surface area contributed by atoms with E-state index >= 15 is 0 Å². The lowest BCUT2D eigenvalue weighted by molar-refractivity contribution is 1.23. The summed E-state index contributed by atoms with van der Waals surface area (Å²) in [6.45, 7) is 2.02. The predicted octanol–water partition coefficient (Wildman–Crippen LogP) is 4.26. The summed E-state index contributed by atoms with van der Waals surface area (Å²) < 4.78 is 1.88. The predicted molar refractivity (Wildman–Crippen MR) is 77.7 cm³/mol. The topological polar surface area (TPSA) is 43.3 Å². The maximum absolute atomic E-state index is 6.18. The highest BCUT2D eigenvalue weighted by Crippen LogP contribution is 2.35. The molecule has 18 heavy (non-hydrogen) atoms. The van der Waals surface area contributed by atoms with E-state index < -0.39 is 0 Å². The van der Waals surface area contributed by atoms with Gasteiger partial charge in [-0.25, -0.2) is 4.98 Å². The molecule has 92 valence electrons. The normalized spacial score (nSPS) is 11.3. The van der Waals surface area contributed by atoms with E-state index in [1.807, 2.05) is 23.6 Å². The highest BCUT2D eigenvalue weighted by Gasteiger charge is 2.15. The van der Waals surface area contributed by atoms with Gasteiger partial charge in [0.05, 0.1) is 5.02 Å². The molecule has 1 aromatic carbocycles. The third-order valence-corrected chi connectivity index (χ3v) is 4.11. The fourth-order valence-electron chi connectivity index (χ4n) is 1.85. The molecule has 0 saturated carbocycles. The molecule has 3 rings (SSSR count). The van der Waals surface area contributed by atoms with Gasteiger partial charge in [0.15, 0.2) is 4.96 Å². The van der Waals surface area contributed by atoms with Crippen LogP contribution in [0.25, 0.3) is 16.2 Å². The van der Waals surface area contributed by atoms with E-state index in [-0.39, 0.29) is 0 Å². The van der Waals surface area contributed by atoms with Crippen molar-refractivity contribution in [2.75, 3.05) is 5.73 Å². The monoisotopic (exact) mass is 297 g/mol. The Balaban J connectivity index is 2.25. The summed E-state index contributed by atoms with van der Waals surface area (Å²) in [5.41, 5.74) is 7.60. The molecule has 2 N–H and O–H groups in total. The molecule has 0 fully saturated rings. The summed E-state index contributed by atoms with van der Waals surface area (Å²) in [7, 11) is 0. The zero-order valence-electron chi connectivity index (χ0n) is 9.45. The van der Waals surface area contributed by atoms with E-state index in [0.717, 1.165) is 15.4 Å². The maximum atomic E-state index is 6.18. The molecule has 0 aliphatic carbocycles. The van der Waals surface area contributed by atoms with Crippen LogP contribution in [0.5, 0.6) is 0 Å². The fraction of sp³-hybridized carbons (Fsp3) is 0.0833. The molecule has 3 aromatic rings. The highest BCUT2D eigenvalue weighted by molar-refractivity contribution is 7.17. The number of nitrogens with two attached hydrogens (primary N) is 1. The second-order valence-corrected chi connectivity index (χ2v) is 6.02. The van der Waals surface area contributed by atoms with Gasteiger partial charge in [-0.3, -0.25) is 4.40 Å². The van der Waals surface area contributed by atoms with Crippen LogP contribution in [0.15, 0.2) is 24.4 Å². The smallest absolute Gasteiger partial charge is 0.196 e. The van der Waals surface area contributed by atoms with Crippen LogP contribution in [0.2, 0.25) is 10.0 Å². The lowest BCUT2D eigenvalue weighted by Gasteiger charge is -2.02. The molecule has 0 atom stereocenters. The van der Waals surface area contributed by atoms with Crippen LogP contribution < -0.4 is 5.73 Å². The number of hydrogen-bond donors (Lipinski definition) is 1. The van der Waals surface area contributed by atoms with Gasteiger partial charge in [0.25, 0.3) is 0 Å². The van der Waals surface area contributed by atoms with E-state index in [1.54, 1.807) is 23.5 Å². The molecular formula is C12H9Cl2N3S. The van der Waals surface area contributed by atoms with Gasteiger partial charge in [-0.1, -0.05) is 23.2 Å². The zero-order chi connectivity index (χ0) is 12.9. The van der Waals surface area contributed by atoms with Crippen LogP contribution in [-0.4, -0.2) is 9.38 Å². The van der Waals surface area contributed by atoms with Crippen molar-refractivity contribution in [1.29, 1.82) is 0 Å². The van der Waals surface area contributed by atoms with Crippen molar-refractivity contribution in [3.8, 4) is 11.3 Å². The van der Waals surface area contributed by atoms with Crippen molar-refractivity contribution in [2.45, 2.75) is 6.92 Å². The molecule has 0 amide bonds. The van der Waals surface area contributed by atoms with E-state index in [1.165, 1.54) is 0 Å². The third-order valence-electron chi connectivity index (χ3n) is 2.67. The second-order valence-electron chi connectivity index (χ2n) is 3.96. The number of halogens is 2. The van der Waals surface area contributed by atoms with Crippen LogP contribution in [0, 0.1) is 6.92 Å². The maximum Gasteiger partial charge on any atom is 0.196 e. The number of fused-ring (bicyclic) bond motifs is 1. The molecule has 0 aliphatic heterocycles. The molecular weight excluding hydrogens is 289 g/mol. The first-order valence-electron chi connectivity index (χ1n) is 5.25. The Labute approximate surface area is 118 Å². The number of aryl methyl sites for hydroxylation is 1. The van der Waals surface area contributed by atoms with Crippen molar-refractivity contribution < 1.29 is 0 Å². The SMILES string of the molecule is Cc1cn2c(N)c(-c3ccc(Cl)cc3Cl)nc2s1. The standard InChI is InChI=1S/C12H9Cl2N3S/c1-6-5-17-11(15)10(16-12(17)18-6)8-3-2-7(13)4-9(8)14/h2-5H,15H2,1H3. The van der Waals surface area contributed by atoms with Crippen molar-refractivity contribution in [3.63, 3.8) is 0 Å². The lowest BCUT2D eigenvalue weighted by atomic mass is 10.1. The second kappa shape index (κ2) is 4.16. The van der Waals surface area contributed by atoms with Crippen LogP contribution in [0.3, 0.4) is 0 Å². The third kappa shape index (κ3) is 1.77. The summed E-state index contributed by atoms with van der Waals surface area (Å²) in [6.07, 6.45) is 1.97. The first-order chi connectivity index (χ1) is 8.56. The lowest BCUT2D eigenvalue weighted by Crippen LogP contribution is -1.92. The van der Waals surface area contributed by atoms with Crippen LogP contribution in [0.4, 0.5) is 5.82 Å². The van der Waals surface area contributed by atoms with Gasteiger partial charge >= 0.3 is 0 Å². The Morgan fingerprint density at radius 1 is 1.33 bits per heavy atom. The van der Waals surface area contributed by atoms with Crippen molar-refractivity contribution in [2.24, 2.45) is 0 Å². The zero-order valence-corrected chi connectivity index (χ0v) is 11.8. The summed E-state index contributed by atoms with van der Waals surface area (Å²) in [5, 5.41) is 1.15. The Hall–Kier alpha value is -1.23. The number of anilines is 1. The number of nitrogens with zero attached hydrogens (tertiary/aromatic N) is 2. The van der Waals surface area contributed by atoms with Crippen molar-refractivity contribution in [1.82, 2.24) is 9.38 Å². The number of hydrogen-bond acceptors (Lipinski definition) is 3. The van der Waals surface area contributed by atoms with E-state index in [0.29, 0.717) is 21.6 Å². The molecule has 2 aromatic heterocycles. The molecule has 0 radical (unpaired) electrons. The number of thiazole rings is 1. The number of aromatic nitrogens is 2. The number of nitrogen functional groups attached to an aromatic ring is 1. The van der Waals surface area contributed by atoms with Gasteiger partial charge in [-0.15, -0.1) is 11.3 Å². The molecule has 6 heteroatoms. The van der Waals surface area contributed by atoms with Crippen molar-refractivity contribution >= 4 is 45.3 Å². The van der Waals surface area contributed by atoms with Gasteiger partial charge in [-0.2, -0.15) is 0 Å². The molecule has 0 spiro atoms. The summed E-state index contributed by atoms with van der Waals surface area (Å²) in [5.74, 6) is 0.596. The minimum atomic E-state index is 0.552. The van der Waals surface area contributed by atoms with E-state index in [9.17, 15) is 0 Å². The quantitative estimate of drug-likeness (QED) is 0.729. The number of benzene rings is 1. The average molecular weight is 298 g/mol. The van der Waals surface area contributed by atoms with E-state index in [2.05, 4.69) is 4.98 Å². The number of imidazole rings is 1. The minimum Gasteiger partial charge on any atom is -0.383 e. The molecule has 0 aliphatic rings. The van der Waals surface area contributed by atoms with Gasteiger partial charge in [0.2, 0.25) is 0 Å². The highest BCUT2D eigenvalue weighted by atomic mass is 35.5. The largest absolute Gasteiger partial charge is 0.383 e. The van der Waals surface area contributed by atoms with Crippen LogP contribution >= 0.6 is 34.5 Å². The summed E-state index contributed by atoms with van der Waals surface area (Å²) in [6, 6.07) is 5.30. The Kier molecular flexibility index (Phi) is 2.73. The van der Waals surface area contributed by atoms with Gasteiger partial charge in [-0.05, 0) is 25.1 Å². The number of rotatable bonds is 1. The van der Waals surface area contributed by atoms with Crippen LogP contribution in [-0.2, 0) is 0 Å².